The minimum absolute atomic E-state index is 0.0439. The summed E-state index contributed by atoms with van der Waals surface area (Å²) >= 11 is 0. The fraction of sp³-hybridized carbons (Fsp3) is 0.778. The first kappa shape index (κ1) is 35.9. The quantitative estimate of drug-likeness (QED) is 0.138. The average molecular weight is 735 g/mol. The lowest BCUT2D eigenvalue weighted by atomic mass is 9.37. The van der Waals surface area contributed by atoms with Gasteiger partial charge in [-0.1, -0.05) is 19.9 Å². The Morgan fingerprint density at radius 2 is 1.71 bits per heavy atom. The highest BCUT2D eigenvalue weighted by Gasteiger charge is 2.97. The number of epoxide rings is 1. The molecule has 0 amide bonds. The number of hydrogen-bond donors (Lipinski definition) is 3. The number of rotatable bonds is 7. The van der Waals surface area contributed by atoms with Gasteiger partial charge in [-0.25, -0.2) is 9.59 Å². The second-order valence-corrected chi connectivity index (χ2v) is 16.0. The third kappa shape index (κ3) is 3.72. The van der Waals surface area contributed by atoms with Crippen LogP contribution in [0.5, 0.6) is 0 Å². The van der Waals surface area contributed by atoms with E-state index in [0.29, 0.717) is 0 Å². The molecule has 2 bridgehead atoms. The van der Waals surface area contributed by atoms with Gasteiger partial charge >= 0.3 is 23.9 Å². The topological polar surface area (TPSA) is 215 Å². The highest BCUT2D eigenvalue weighted by Crippen LogP contribution is 2.83. The van der Waals surface area contributed by atoms with Crippen molar-refractivity contribution in [2.24, 2.45) is 34.0 Å². The maximum Gasteiger partial charge on any atom is 0.366 e. The molecule has 8 rings (SSSR count). The molecule has 0 aromatic rings. The lowest BCUT2D eigenvalue weighted by molar-refractivity contribution is -0.314. The number of esters is 4. The number of carbonyl (C=O) groups excluding carboxylic acids is 4. The summed E-state index contributed by atoms with van der Waals surface area (Å²) in [6, 6.07) is 0. The van der Waals surface area contributed by atoms with Gasteiger partial charge in [-0.15, -0.1) is 0 Å². The van der Waals surface area contributed by atoms with Crippen LogP contribution in [0.3, 0.4) is 0 Å². The van der Waals surface area contributed by atoms with Crippen LogP contribution in [-0.4, -0.2) is 126 Å². The second-order valence-electron chi connectivity index (χ2n) is 16.0. The summed E-state index contributed by atoms with van der Waals surface area (Å²) in [4.78, 5) is 54.9. The first-order valence-corrected chi connectivity index (χ1v) is 17.8. The van der Waals surface area contributed by atoms with Gasteiger partial charge in [-0.2, -0.15) is 0 Å². The molecule has 0 radical (unpaired) electrons. The zero-order chi connectivity index (χ0) is 37.6. The summed E-state index contributed by atoms with van der Waals surface area (Å²) in [5, 5.41) is 37.6. The third-order valence-corrected chi connectivity index (χ3v) is 14.4. The van der Waals surface area contributed by atoms with Crippen molar-refractivity contribution >= 4 is 23.9 Å². The van der Waals surface area contributed by atoms with Gasteiger partial charge in [0.05, 0.1) is 52.0 Å². The molecule has 16 heteroatoms. The van der Waals surface area contributed by atoms with Crippen LogP contribution >= 0.6 is 0 Å². The molecule has 1 spiro atoms. The van der Waals surface area contributed by atoms with Gasteiger partial charge < -0.3 is 58.0 Å². The van der Waals surface area contributed by atoms with Crippen molar-refractivity contribution in [2.75, 3.05) is 27.4 Å². The van der Waals surface area contributed by atoms with Crippen LogP contribution < -0.4 is 0 Å². The smallest absolute Gasteiger partial charge is 0.366 e. The van der Waals surface area contributed by atoms with Crippen molar-refractivity contribution in [3.05, 3.63) is 24.0 Å². The van der Waals surface area contributed by atoms with E-state index in [4.69, 9.17) is 42.6 Å². The molecule has 5 heterocycles. The third-order valence-electron chi connectivity index (χ3n) is 14.4. The SMILES string of the molecule is C/C=C(\C)C(=O)O[C@H]1C[C@@H](OC(=O)CC)[C@@]2(C(=O)OC)CO[C@H]3[C@@H](O)[C@@](C)([C@]45O[C@@]4(C)[C@H]4C[C@@H]5O[C@@H]5OC=C[C@@]54O)[C@H]4[C@]1(CO[C@]4(O)C(=O)OC)[C@@H]32. The Morgan fingerprint density at radius 1 is 1.00 bits per heavy atom. The molecule has 4 saturated heterocycles. The molecule has 7 fully saturated rings. The summed E-state index contributed by atoms with van der Waals surface area (Å²) in [6.45, 7) is 7.32. The van der Waals surface area contributed by atoms with Crippen LogP contribution in [0.15, 0.2) is 24.0 Å². The Hall–Kier alpha value is -3.12. The van der Waals surface area contributed by atoms with Crippen molar-refractivity contribution in [1.82, 2.24) is 0 Å². The molecule has 0 aromatic carbocycles. The summed E-state index contributed by atoms with van der Waals surface area (Å²) < 4.78 is 54.3. The number of aliphatic hydroxyl groups is 3. The van der Waals surface area contributed by atoms with Crippen molar-refractivity contribution in [2.45, 2.75) is 113 Å². The fourth-order valence-electron chi connectivity index (χ4n) is 12.2. The maximum atomic E-state index is 14.3. The van der Waals surface area contributed by atoms with Crippen molar-refractivity contribution in [1.29, 1.82) is 0 Å². The average Bonchev–Trinajstić information content (AvgIpc) is 3.50. The fourth-order valence-corrected chi connectivity index (χ4v) is 12.2. The van der Waals surface area contributed by atoms with Crippen molar-refractivity contribution in [3.63, 3.8) is 0 Å². The Labute approximate surface area is 299 Å². The van der Waals surface area contributed by atoms with Gasteiger partial charge in [-0.05, 0) is 33.3 Å². The number of fused-ring (bicyclic) bond motifs is 7. The first-order chi connectivity index (χ1) is 24.5. The Kier molecular flexibility index (Phi) is 7.58. The van der Waals surface area contributed by atoms with E-state index in [1.54, 1.807) is 40.7 Å². The molecule has 5 aliphatic heterocycles. The van der Waals surface area contributed by atoms with E-state index >= 15 is 0 Å². The lowest BCUT2D eigenvalue weighted by Crippen LogP contribution is -2.79. The zero-order valence-electron chi connectivity index (χ0n) is 30.1. The van der Waals surface area contributed by atoms with Crippen LogP contribution in [0.4, 0.5) is 0 Å². The second kappa shape index (κ2) is 11.0. The Bertz CT molecular complexity index is 1680. The van der Waals surface area contributed by atoms with Crippen molar-refractivity contribution in [3.8, 4) is 0 Å². The number of allylic oxidation sites excluding steroid dienone is 1. The van der Waals surface area contributed by atoms with Crippen molar-refractivity contribution < 1.29 is 77.1 Å². The molecule has 16 atom stereocenters. The number of methoxy groups -OCH3 is 2. The summed E-state index contributed by atoms with van der Waals surface area (Å²) in [7, 11) is 2.24. The van der Waals surface area contributed by atoms with Gasteiger partial charge in [-0.3, -0.25) is 9.59 Å². The molecule has 8 aliphatic rings. The highest BCUT2D eigenvalue weighted by atomic mass is 16.7. The van der Waals surface area contributed by atoms with Crippen LogP contribution in [0.2, 0.25) is 0 Å². The molecular weight excluding hydrogens is 688 g/mol. The summed E-state index contributed by atoms with van der Waals surface area (Å²) in [6.07, 6.45) is -3.13. The largest absolute Gasteiger partial charge is 0.469 e. The molecule has 3 saturated carbocycles. The van der Waals surface area contributed by atoms with E-state index in [0.717, 1.165) is 7.11 Å². The van der Waals surface area contributed by atoms with E-state index < -0.39 is 130 Å². The number of carbonyl (C=O) groups is 4. The van der Waals surface area contributed by atoms with Gasteiger partial charge in [0.15, 0.2) is 5.60 Å². The van der Waals surface area contributed by atoms with Gasteiger partial charge in [0.2, 0.25) is 6.29 Å². The molecule has 0 aromatic heterocycles. The normalized spacial score (nSPS) is 53.1. The lowest BCUT2D eigenvalue weighted by Gasteiger charge is -2.65. The maximum absolute atomic E-state index is 14.3. The van der Waals surface area contributed by atoms with Crippen LogP contribution in [-0.2, 0) is 61.8 Å². The van der Waals surface area contributed by atoms with E-state index in [9.17, 15) is 34.5 Å². The van der Waals surface area contributed by atoms with E-state index in [-0.39, 0.29) is 24.8 Å². The molecule has 286 valence electrons. The van der Waals surface area contributed by atoms with E-state index in [2.05, 4.69) is 0 Å². The molecule has 3 N–H and O–H groups in total. The molecule has 0 unspecified atom stereocenters. The predicted molar refractivity (Wildman–Crippen MR) is 169 cm³/mol. The number of hydrogen-bond acceptors (Lipinski definition) is 16. The van der Waals surface area contributed by atoms with Crippen LogP contribution in [0.1, 0.15) is 53.9 Å². The van der Waals surface area contributed by atoms with Gasteiger partial charge in [0.1, 0.15) is 28.8 Å². The molecule has 3 aliphatic carbocycles. The summed E-state index contributed by atoms with van der Waals surface area (Å²) in [5.41, 5.74) is -9.47. The van der Waals surface area contributed by atoms with Gasteiger partial charge in [0.25, 0.3) is 5.79 Å². The standard InChI is InChI=1S/C36H46O16/c1-8-16(3)25(39)50-18-13-19(49-21(37)9-2)33(27(40)44-6)14-47-22-23(33)32(18)15-48-35(43,28(41)45-7)26(32)30(4,24(22)38)36-20-12-17(31(36,5)52-36)34(42)10-11-46-29(34)51-20/h8,10-11,17-20,22-24,26,29,38,42-43H,9,12-15H2,1-7H3/b16-8+/t17-,18+,19-,20+,22-,23-,24-,26+,29+,30-,31+,32+,33+,34+,35+,36+/m1/s1. The van der Waals surface area contributed by atoms with Crippen LogP contribution in [0, 0.1) is 34.0 Å². The number of aliphatic hydroxyl groups excluding tert-OH is 1. The molecular formula is C36H46O16. The zero-order valence-corrected chi connectivity index (χ0v) is 30.1. The monoisotopic (exact) mass is 734 g/mol. The Balaban J connectivity index is 1.39. The minimum Gasteiger partial charge on any atom is -0.469 e. The van der Waals surface area contributed by atoms with E-state index in [1.165, 1.54) is 19.4 Å². The first-order valence-electron chi connectivity index (χ1n) is 17.8. The highest BCUT2D eigenvalue weighted by molar-refractivity contribution is 5.88. The van der Waals surface area contributed by atoms with Gasteiger partial charge in [0, 0.05) is 47.0 Å². The van der Waals surface area contributed by atoms with Crippen LogP contribution in [0.25, 0.3) is 0 Å². The predicted octanol–water partition coefficient (Wildman–Crippen LogP) is 0.187. The van der Waals surface area contributed by atoms with E-state index in [1.807, 2.05) is 0 Å². The Morgan fingerprint density at radius 3 is 2.37 bits per heavy atom. The number of ether oxygens (including phenoxy) is 9. The molecule has 16 nitrogen and oxygen atoms in total. The minimum atomic E-state index is -2.82. The summed E-state index contributed by atoms with van der Waals surface area (Å²) in [5.74, 6) is -9.66. The molecule has 52 heavy (non-hydrogen) atoms.